The fraction of sp³-hybridized carbons (Fsp3) is 0.381. The number of carbonyl (C=O) groups is 1. The zero-order valence-electron chi connectivity index (χ0n) is 15.3. The van der Waals surface area contributed by atoms with E-state index in [0.29, 0.717) is 12.3 Å². The number of carbonyl (C=O) groups excluding carboxylic acids is 1. The molecule has 0 saturated carbocycles. The highest BCUT2D eigenvalue weighted by molar-refractivity contribution is 7.99. The number of hydrogen-bond acceptors (Lipinski definition) is 5. The summed E-state index contributed by atoms with van der Waals surface area (Å²) in [6, 6.07) is 8.22. The number of aromatic nitrogens is 2. The summed E-state index contributed by atoms with van der Waals surface area (Å²) in [5.41, 5.74) is 3.85. The van der Waals surface area contributed by atoms with Crippen LogP contribution in [0.2, 0.25) is 0 Å². The molecule has 26 heavy (non-hydrogen) atoms. The second kappa shape index (κ2) is 7.92. The molecule has 3 rings (SSSR count). The third-order valence-electron chi connectivity index (χ3n) is 4.38. The Morgan fingerprint density at radius 1 is 1.27 bits per heavy atom. The number of fused-ring (bicyclic) bond motifs is 1. The molecule has 4 nitrogen and oxygen atoms in total. The van der Waals surface area contributed by atoms with Crippen molar-refractivity contribution in [3.63, 3.8) is 0 Å². The zero-order valence-corrected chi connectivity index (χ0v) is 16.2. The van der Waals surface area contributed by atoms with Crippen LogP contribution in [0.4, 0.5) is 0 Å². The van der Waals surface area contributed by atoms with Crippen LogP contribution in [0.25, 0.3) is 0 Å². The number of esters is 1. The number of nitrogens with zero attached hydrogens (tertiary/aromatic N) is 2. The van der Waals surface area contributed by atoms with Crippen molar-refractivity contribution in [1.29, 1.82) is 0 Å². The van der Waals surface area contributed by atoms with Crippen LogP contribution in [0.15, 0.2) is 35.4 Å². The first-order valence-corrected chi connectivity index (χ1v) is 9.73. The van der Waals surface area contributed by atoms with E-state index < -0.39 is 0 Å². The van der Waals surface area contributed by atoms with Crippen LogP contribution < -0.4 is 0 Å². The van der Waals surface area contributed by atoms with E-state index in [-0.39, 0.29) is 17.8 Å². The molecule has 0 amide bonds. The van der Waals surface area contributed by atoms with Crippen molar-refractivity contribution < 1.29 is 9.53 Å². The highest BCUT2D eigenvalue weighted by Crippen LogP contribution is 2.41. The van der Waals surface area contributed by atoms with E-state index in [1.54, 1.807) is 19.2 Å². The fourth-order valence-electron chi connectivity index (χ4n) is 2.88. The molecular weight excluding hydrogens is 344 g/mol. The Hall–Kier alpha value is -2.32. The predicted molar refractivity (Wildman–Crippen MR) is 103 cm³/mol. The van der Waals surface area contributed by atoms with Crippen LogP contribution in [0.5, 0.6) is 0 Å². The average Bonchev–Trinajstić information content (AvgIpc) is 2.60. The van der Waals surface area contributed by atoms with Crippen molar-refractivity contribution in [2.24, 2.45) is 0 Å². The first-order chi connectivity index (χ1) is 12.5. The third-order valence-corrected chi connectivity index (χ3v) is 5.46. The molecule has 0 saturated heterocycles. The van der Waals surface area contributed by atoms with Crippen molar-refractivity contribution >= 4 is 17.7 Å². The lowest BCUT2D eigenvalue weighted by Gasteiger charge is -2.32. The lowest BCUT2D eigenvalue weighted by molar-refractivity contribution is -0.142. The molecule has 0 fully saturated rings. The number of rotatable bonds is 3. The summed E-state index contributed by atoms with van der Waals surface area (Å²) in [6.45, 7) is 6.72. The fourth-order valence-corrected chi connectivity index (χ4v) is 4.37. The van der Waals surface area contributed by atoms with Gasteiger partial charge in [-0.05, 0) is 54.3 Å². The van der Waals surface area contributed by atoms with E-state index in [9.17, 15) is 4.79 Å². The Morgan fingerprint density at radius 3 is 2.88 bits per heavy atom. The Labute approximate surface area is 158 Å². The molecule has 1 aromatic carbocycles. The van der Waals surface area contributed by atoms with Crippen molar-refractivity contribution in [2.45, 2.75) is 43.9 Å². The largest absolute Gasteiger partial charge is 0.466 e. The Bertz CT molecular complexity index is 881. The summed E-state index contributed by atoms with van der Waals surface area (Å²) in [5.74, 6) is 7.20. The Balaban J connectivity index is 1.81. The topological polar surface area (TPSA) is 52.1 Å². The number of hydrogen-bond donors (Lipinski definition) is 0. The van der Waals surface area contributed by atoms with Gasteiger partial charge in [0.05, 0.1) is 24.9 Å². The van der Waals surface area contributed by atoms with Gasteiger partial charge in [0.25, 0.3) is 0 Å². The number of thioether (sulfide) groups is 1. The molecule has 1 aliphatic rings. The van der Waals surface area contributed by atoms with E-state index in [1.807, 2.05) is 11.8 Å². The molecule has 0 bridgehead atoms. The molecule has 2 heterocycles. The minimum Gasteiger partial charge on any atom is -0.466 e. The van der Waals surface area contributed by atoms with Gasteiger partial charge in [0, 0.05) is 16.0 Å². The second-order valence-electron chi connectivity index (χ2n) is 6.86. The van der Waals surface area contributed by atoms with Crippen LogP contribution in [-0.2, 0) is 21.4 Å². The smallest absolute Gasteiger partial charge is 0.311 e. The van der Waals surface area contributed by atoms with Gasteiger partial charge in [-0.25, -0.2) is 0 Å². The molecule has 134 valence electrons. The van der Waals surface area contributed by atoms with E-state index >= 15 is 0 Å². The van der Waals surface area contributed by atoms with Crippen LogP contribution in [0, 0.1) is 11.8 Å². The second-order valence-corrected chi connectivity index (χ2v) is 8.00. The summed E-state index contributed by atoms with van der Waals surface area (Å²) in [6.07, 6.45) is 2.90. The Morgan fingerprint density at radius 2 is 2.08 bits per heavy atom. The highest BCUT2D eigenvalue weighted by Gasteiger charge is 2.27. The molecule has 0 aliphatic carbocycles. The van der Waals surface area contributed by atoms with Crippen LogP contribution in [0.1, 0.15) is 49.6 Å². The summed E-state index contributed by atoms with van der Waals surface area (Å²) in [5, 5.41) is 7.91. The van der Waals surface area contributed by atoms with E-state index in [2.05, 4.69) is 54.1 Å². The standard InChI is InChI=1S/C21H22N2O2S/c1-4-25-20(24)13-17-11-16(14-22-23-17)6-5-15-7-8-19-18(12-15)21(2,3)9-10-26-19/h7-8,11-12,14H,4,9-10,13H2,1-3H3. The maximum absolute atomic E-state index is 11.6. The maximum atomic E-state index is 11.6. The number of ether oxygens (including phenoxy) is 1. The maximum Gasteiger partial charge on any atom is 0.311 e. The van der Waals surface area contributed by atoms with E-state index in [0.717, 1.165) is 16.9 Å². The van der Waals surface area contributed by atoms with Crippen molar-refractivity contribution in [1.82, 2.24) is 10.2 Å². The molecule has 0 spiro atoms. The van der Waals surface area contributed by atoms with Gasteiger partial charge in [-0.2, -0.15) is 10.2 Å². The summed E-state index contributed by atoms with van der Waals surface area (Å²) in [7, 11) is 0. The van der Waals surface area contributed by atoms with Gasteiger partial charge in [-0.1, -0.05) is 25.7 Å². The van der Waals surface area contributed by atoms with Gasteiger partial charge in [0.2, 0.25) is 0 Å². The first kappa shape index (κ1) is 18.5. The zero-order chi connectivity index (χ0) is 18.6. The predicted octanol–water partition coefficient (Wildman–Crippen LogP) is 3.76. The van der Waals surface area contributed by atoms with Crippen LogP contribution >= 0.6 is 11.8 Å². The van der Waals surface area contributed by atoms with Gasteiger partial charge < -0.3 is 4.74 Å². The van der Waals surface area contributed by atoms with Gasteiger partial charge >= 0.3 is 5.97 Å². The highest BCUT2D eigenvalue weighted by atomic mass is 32.2. The average molecular weight is 366 g/mol. The Kier molecular flexibility index (Phi) is 5.63. The van der Waals surface area contributed by atoms with Crippen molar-refractivity contribution in [3.8, 4) is 11.8 Å². The van der Waals surface area contributed by atoms with Crippen molar-refractivity contribution in [2.75, 3.05) is 12.4 Å². The van der Waals surface area contributed by atoms with Crippen molar-refractivity contribution in [3.05, 3.63) is 52.8 Å². The lowest BCUT2D eigenvalue weighted by atomic mass is 9.81. The third kappa shape index (κ3) is 4.44. The quantitative estimate of drug-likeness (QED) is 0.612. The molecule has 0 radical (unpaired) electrons. The van der Waals surface area contributed by atoms with Gasteiger partial charge in [-0.3, -0.25) is 4.79 Å². The molecule has 0 N–H and O–H groups in total. The molecule has 0 unspecified atom stereocenters. The van der Waals surface area contributed by atoms with E-state index in [1.165, 1.54) is 16.9 Å². The molecule has 2 aromatic rings. The summed E-state index contributed by atoms with van der Waals surface area (Å²) >= 11 is 1.92. The van der Waals surface area contributed by atoms with E-state index in [4.69, 9.17) is 4.74 Å². The first-order valence-electron chi connectivity index (χ1n) is 8.74. The molecule has 5 heteroatoms. The molecule has 0 atom stereocenters. The number of benzene rings is 1. The minimum absolute atomic E-state index is 0.112. The molecular formula is C21H22N2O2S. The SMILES string of the molecule is CCOC(=O)Cc1cc(C#Cc2ccc3c(c2)C(C)(C)CCS3)cnn1. The van der Waals surface area contributed by atoms with Gasteiger partial charge in [-0.15, -0.1) is 11.8 Å². The molecule has 1 aliphatic heterocycles. The normalized spacial score (nSPS) is 14.7. The minimum atomic E-state index is -0.304. The lowest BCUT2D eigenvalue weighted by Crippen LogP contribution is -2.22. The summed E-state index contributed by atoms with van der Waals surface area (Å²) < 4.78 is 4.94. The van der Waals surface area contributed by atoms with Crippen LogP contribution in [0.3, 0.4) is 0 Å². The van der Waals surface area contributed by atoms with Crippen LogP contribution in [-0.4, -0.2) is 28.5 Å². The molecule has 1 aromatic heterocycles. The van der Waals surface area contributed by atoms with Gasteiger partial charge in [0.15, 0.2) is 0 Å². The summed E-state index contributed by atoms with van der Waals surface area (Å²) in [4.78, 5) is 12.9. The van der Waals surface area contributed by atoms with Gasteiger partial charge in [0.1, 0.15) is 0 Å². The monoisotopic (exact) mass is 366 g/mol.